The molecular formula is C80H126IN15O12PS2TiU-. The number of hydroxylamine groups is 2. The average molecular weight is 2000 g/mol. The molecule has 27 nitrogen and oxygen atoms in total. The number of rotatable bonds is 10. The Morgan fingerprint density at radius 1 is 0.611 bits per heavy atom. The summed E-state index contributed by atoms with van der Waals surface area (Å²) in [4.78, 5) is 66.0. The van der Waals surface area contributed by atoms with Gasteiger partial charge in [0.2, 0.25) is 5.78 Å². The number of halogens is 1. The van der Waals surface area contributed by atoms with E-state index >= 15 is 0 Å². The molecule has 0 saturated heterocycles. The topological polar surface area (TPSA) is 358 Å². The Morgan fingerprint density at radius 3 is 1.24 bits per heavy atom. The van der Waals surface area contributed by atoms with E-state index in [0.717, 1.165) is 86.6 Å². The molecule has 6 aromatic heterocycles. The zero-order valence-electron chi connectivity index (χ0n) is 69.5. The van der Waals surface area contributed by atoms with E-state index in [9.17, 15) is 32.4 Å². The molecule has 626 valence electrons. The van der Waals surface area contributed by atoms with Gasteiger partial charge in [-0.2, -0.15) is 11.3 Å². The molecule has 33 heteroatoms. The van der Waals surface area contributed by atoms with Crippen molar-refractivity contribution >= 4 is 103 Å². The first-order valence-electron chi connectivity index (χ1n) is 37.6. The van der Waals surface area contributed by atoms with Crippen molar-refractivity contribution in [3.63, 3.8) is 0 Å². The molecule has 9 aromatic rings. The molecule has 1 unspecified atom stereocenters. The summed E-state index contributed by atoms with van der Waals surface area (Å²) in [5.41, 5.74) is 3.31. The van der Waals surface area contributed by atoms with Crippen molar-refractivity contribution in [1.82, 2.24) is 63.7 Å². The van der Waals surface area contributed by atoms with E-state index in [4.69, 9.17) is 34.4 Å². The van der Waals surface area contributed by atoms with E-state index in [1.807, 2.05) is 104 Å². The van der Waals surface area contributed by atoms with Crippen LogP contribution in [-0.2, 0) is 86.3 Å². The van der Waals surface area contributed by atoms with Crippen LogP contribution in [0.2, 0.25) is 0 Å². The molecule has 113 heavy (non-hydrogen) atoms. The number of ketones is 1. The van der Waals surface area contributed by atoms with Crippen molar-refractivity contribution in [3.05, 3.63) is 180 Å². The number of aryl methyl sites for hydroxylation is 3. The zero-order valence-corrected chi connectivity index (χ0v) is 77.0. The van der Waals surface area contributed by atoms with Crippen molar-refractivity contribution in [2.75, 3.05) is 47.2 Å². The average Bonchev–Trinajstić information content (AvgIpc) is 1.22. The molecule has 9 aliphatic carbocycles. The summed E-state index contributed by atoms with van der Waals surface area (Å²) in [6.07, 6.45) is 21.1. The van der Waals surface area contributed by atoms with Gasteiger partial charge in [0.1, 0.15) is 22.4 Å². The second kappa shape index (κ2) is 50.3. The van der Waals surface area contributed by atoms with E-state index in [-0.39, 0.29) is 167 Å². The minimum atomic E-state index is -1.48. The van der Waals surface area contributed by atoms with Crippen molar-refractivity contribution in [3.8, 4) is 0 Å². The van der Waals surface area contributed by atoms with Gasteiger partial charge in [-0.3, -0.25) is 33.9 Å². The predicted octanol–water partition coefficient (Wildman–Crippen LogP) is 12.0. The Morgan fingerprint density at radius 2 is 0.912 bits per heavy atom. The van der Waals surface area contributed by atoms with Crippen LogP contribution < -0.4 is 21.8 Å². The van der Waals surface area contributed by atoms with E-state index in [1.54, 1.807) is 140 Å². The van der Waals surface area contributed by atoms with Crippen molar-refractivity contribution in [2.45, 2.75) is 196 Å². The van der Waals surface area contributed by atoms with Gasteiger partial charge in [-0.1, -0.05) is 88.7 Å². The third-order valence-corrected chi connectivity index (χ3v) is 21.9. The molecule has 9 fully saturated rings. The molecule has 18 rings (SSSR count). The molecule has 0 spiro atoms. The number of aromatic nitrogens is 12. The number of hydrogen-bond acceptors (Lipinski definition) is 18. The fourth-order valence-electron chi connectivity index (χ4n) is 12.3. The molecule has 6 bridgehead atoms. The van der Waals surface area contributed by atoms with Crippen LogP contribution in [-0.4, -0.2) is 168 Å². The SMILES string of the molecule is C.C.C.CC(C)(C)[S@@](N)=O.CCO.CCO.CCO.CCO.CON(C)C(=O)c1cn(C23CC(C2)C3)nn1.Cn1ccc2c(C(=N[S@@](=O)C(C)(C)C)c3cn(C45CC(C4)C5)nn3)cccc2c1=O.Cn1ccc2c(C(=O)c3cn(C45CC(C4)C5)nn3)cccc2c1=O.Cn1ccc2c(I)cccc2c1=O.[2H]CC.[2H]CP[2H].[CH2-]C.[Ti].[U]. The van der Waals surface area contributed by atoms with Crippen molar-refractivity contribution < 1.29 is 98.8 Å². The molecule has 6 heterocycles. The second-order valence-corrected chi connectivity index (χ2v) is 32.9. The molecule has 0 aliphatic heterocycles. The van der Waals surface area contributed by atoms with Gasteiger partial charge in [0.15, 0.2) is 11.4 Å². The van der Waals surface area contributed by atoms with Crippen molar-refractivity contribution in [2.24, 2.45) is 48.4 Å². The van der Waals surface area contributed by atoms with Gasteiger partial charge in [-0.15, -0.1) is 24.5 Å². The standard InChI is InChI=1S/C22H25N5O2S.C18H16N4O2.C10H8INO.C10H14N4O2.C4H11NOS.4C2H6O.C2H6.C2H5.CH5P.3CH4.Ti.U/c1-21(2,3)30(29)24-19(18-13-27(25-23-18)22-10-14(11-22)12-22)16-6-5-7-17-15(16)8-9-26(4)20(17)28;1-21-6-5-12-13(3-2-4-14(12)17(21)24)16(23)15-10-22(20-19-15)18-7-11(8-18)9-18;1-12-6-5-7-8(10(12)13)3-2-4-9(7)11;1-13(16-2)9(15)8-6-14(12-11-8)10-3-7(4-10)5-10;1-4(2,3)7(5)6;4*1-2-3;3*1-2;;;;;/h5-9,13-14H,10-12H2,1-4H3;2-6,10-11H,7-9H2,1H3;2-6H,1H3;6-7H,3-5H2,1-2H3;5H2,1-3H3;4*3H,2H2,1H3;1-2H3;1H2,2H3;2H2,1H3;3*1H4;;/q;;;;;;;;;;-1;;;;;;/t14?,22?,30-;;;;7-;;;;;;;;;;;;/m0...0............/s1/i;;;;;;;;;1D;;1D,2D;;;;;. The van der Waals surface area contributed by atoms with Crippen LogP contribution >= 0.6 is 31.8 Å². The molecule has 9 saturated carbocycles. The number of fused-ring (bicyclic) bond motifs is 3. The predicted molar refractivity (Wildman–Crippen MR) is 464 cm³/mol. The van der Waals surface area contributed by atoms with Gasteiger partial charge in [-0.25, -0.2) is 27.5 Å². The molecule has 9 aliphatic rings. The minimum absolute atomic E-state index is 0. The maximum Gasteiger partial charge on any atom is 0.299 e. The molecular weight excluding hydrogens is 1870 g/mol. The van der Waals surface area contributed by atoms with Crippen LogP contribution in [0.3, 0.4) is 0 Å². The Bertz CT molecular complexity index is 4720. The molecule has 6 N–H and O–H groups in total. The third-order valence-electron chi connectivity index (χ3n) is 18.3. The van der Waals surface area contributed by atoms with Gasteiger partial charge < -0.3 is 41.1 Å². The summed E-state index contributed by atoms with van der Waals surface area (Å²) in [7, 11) is 5.59. The van der Waals surface area contributed by atoms with Crippen LogP contribution in [0.25, 0.3) is 32.3 Å². The molecule has 3 aromatic carbocycles. The Hall–Kier alpha value is -5.49. The fourth-order valence-corrected chi connectivity index (χ4v) is 13.6. The maximum absolute atomic E-state index is 13.0. The van der Waals surface area contributed by atoms with E-state index < -0.39 is 26.7 Å². The van der Waals surface area contributed by atoms with Crippen LogP contribution in [0, 0.1) is 59.4 Å². The summed E-state index contributed by atoms with van der Waals surface area (Å²) in [5.74, 6) is 2.09. The summed E-state index contributed by atoms with van der Waals surface area (Å²) in [5, 5.41) is 65.9. The summed E-state index contributed by atoms with van der Waals surface area (Å²) < 4.78 is 57.4. The van der Waals surface area contributed by atoms with Crippen LogP contribution in [0.1, 0.15) is 211 Å². The number of aliphatic hydroxyl groups excluding tert-OH is 4. The Kier molecular flexibility index (Phi) is 46.1. The number of carbonyl (C=O) groups excluding carboxylic acids is 2. The monoisotopic (exact) mass is 2000 g/mol. The number of nitrogens with two attached hydrogens (primary N) is 1. The summed E-state index contributed by atoms with van der Waals surface area (Å²) >= 11 is 2.24. The largest absolute Gasteiger partial charge is 0.397 e. The molecule has 0 radical (unpaired) electrons. The van der Waals surface area contributed by atoms with E-state index in [1.165, 1.54) is 30.9 Å². The van der Waals surface area contributed by atoms with E-state index in [0.29, 0.717) is 51.4 Å². The Balaban J connectivity index is 0. The third kappa shape index (κ3) is 27.0. The molecule has 3 atom stereocenters. The number of benzene rings is 3. The van der Waals surface area contributed by atoms with Crippen LogP contribution in [0.4, 0.5) is 0 Å². The number of aliphatic hydroxyl groups is 4. The molecule has 1 amide bonds. The van der Waals surface area contributed by atoms with Gasteiger partial charge in [-0.05, 0) is 221 Å². The van der Waals surface area contributed by atoms with Crippen LogP contribution in [0.5, 0.6) is 0 Å². The smallest absolute Gasteiger partial charge is 0.299 e. The van der Waals surface area contributed by atoms with Gasteiger partial charge in [0, 0.05) is 165 Å². The number of pyridine rings is 3. The quantitative estimate of drug-likeness (QED) is 0.0161. The first-order valence-corrected chi connectivity index (χ1v) is 39.7. The number of hydrogen-bond donors (Lipinski definition) is 5. The summed E-state index contributed by atoms with van der Waals surface area (Å²) in [6, 6.07) is 22.2. The Labute approximate surface area is 732 Å². The van der Waals surface area contributed by atoms with Gasteiger partial charge >= 0.3 is 0 Å². The number of amides is 1. The normalized spacial score (nSPS) is 19.5. The van der Waals surface area contributed by atoms with Crippen LogP contribution in [0.15, 0.2) is 129 Å². The zero-order chi connectivity index (χ0) is 83.5. The maximum atomic E-state index is 13.0. The fraction of sp³-hybridized carbons (Fsp3) is 0.537. The van der Waals surface area contributed by atoms with E-state index in [2.05, 4.69) is 64.8 Å². The van der Waals surface area contributed by atoms with Crippen molar-refractivity contribution in [1.29, 1.82) is 1.28 Å². The number of nitrogens with zero attached hydrogens (tertiary/aromatic N) is 14. The first-order chi connectivity index (χ1) is 52.5. The van der Waals surface area contributed by atoms with Gasteiger partial charge in [0.05, 0.1) is 64.1 Å². The second-order valence-electron chi connectivity index (χ2n) is 28.0. The summed E-state index contributed by atoms with van der Waals surface area (Å²) in [6.45, 7) is 26.5. The number of carbonyl (C=O) groups is 2. The van der Waals surface area contributed by atoms with Gasteiger partial charge in [0.25, 0.3) is 22.6 Å². The minimum Gasteiger partial charge on any atom is -0.397 e. The first kappa shape index (κ1) is 104.